The second-order valence-corrected chi connectivity index (χ2v) is 3.56. The van der Waals surface area contributed by atoms with E-state index in [0.717, 1.165) is 12.2 Å². The minimum absolute atomic E-state index is 0.289. The van der Waals surface area contributed by atoms with Crippen molar-refractivity contribution in [3.05, 3.63) is 59.9 Å². The third-order valence-electron chi connectivity index (χ3n) is 2.36. The van der Waals surface area contributed by atoms with Crippen molar-refractivity contribution in [2.24, 2.45) is 0 Å². The first-order chi connectivity index (χ1) is 7.78. The predicted octanol–water partition coefficient (Wildman–Crippen LogP) is 4.18. The Kier molecular flexibility index (Phi) is 3.20. The number of benzene rings is 2. The van der Waals surface area contributed by atoms with Crippen molar-refractivity contribution >= 4 is 0 Å². The molecule has 0 spiro atoms. The van der Waals surface area contributed by atoms with Gasteiger partial charge >= 0.3 is 0 Å². The van der Waals surface area contributed by atoms with E-state index in [1.54, 1.807) is 12.1 Å². The SMILES string of the molecule is CCc1ccc(Oc2cccc(F)c2)cc1. The van der Waals surface area contributed by atoms with Gasteiger partial charge < -0.3 is 4.74 Å². The molecule has 2 aromatic rings. The molecule has 0 saturated heterocycles. The number of aryl methyl sites for hydroxylation is 1. The molecule has 0 atom stereocenters. The minimum Gasteiger partial charge on any atom is -0.457 e. The first-order valence-corrected chi connectivity index (χ1v) is 5.30. The molecule has 0 bridgehead atoms. The summed E-state index contributed by atoms with van der Waals surface area (Å²) in [5, 5.41) is 0. The number of hydrogen-bond acceptors (Lipinski definition) is 1. The van der Waals surface area contributed by atoms with Gasteiger partial charge in [-0.1, -0.05) is 25.1 Å². The van der Waals surface area contributed by atoms with Crippen molar-refractivity contribution in [1.29, 1.82) is 0 Å². The summed E-state index contributed by atoms with van der Waals surface area (Å²) in [6.07, 6.45) is 1.00. The highest BCUT2D eigenvalue weighted by Gasteiger charge is 1.98. The van der Waals surface area contributed by atoms with Gasteiger partial charge in [-0.25, -0.2) is 4.39 Å². The first kappa shape index (κ1) is 10.7. The topological polar surface area (TPSA) is 9.23 Å². The number of hydrogen-bond donors (Lipinski definition) is 0. The predicted molar refractivity (Wildman–Crippen MR) is 62.3 cm³/mol. The van der Waals surface area contributed by atoms with E-state index in [2.05, 4.69) is 6.92 Å². The van der Waals surface area contributed by atoms with E-state index in [0.29, 0.717) is 5.75 Å². The highest BCUT2D eigenvalue weighted by Crippen LogP contribution is 2.22. The molecule has 0 N–H and O–H groups in total. The van der Waals surface area contributed by atoms with Gasteiger partial charge in [0.2, 0.25) is 0 Å². The molecular weight excluding hydrogens is 203 g/mol. The lowest BCUT2D eigenvalue weighted by molar-refractivity contribution is 0.476. The van der Waals surface area contributed by atoms with Gasteiger partial charge in [0.25, 0.3) is 0 Å². The quantitative estimate of drug-likeness (QED) is 0.747. The minimum atomic E-state index is -0.289. The molecule has 0 radical (unpaired) electrons. The Balaban J connectivity index is 2.14. The number of rotatable bonds is 3. The lowest BCUT2D eigenvalue weighted by Gasteiger charge is -2.06. The second-order valence-electron chi connectivity index (χ2n) is 3.56. The third-order valence-corrected chi connectivity index (χ3v) is 2.36. The van der Waals surface area contributed by atoms with Crippen LogP contribution in [-0.4, -0.2) is 0 Å². The van der Waals surface area contributed by atoms with Crippen molar-refractivity contribution in [3.63, 3.8) is 0 Å². The van der Waals surface area contributed by atoms with E-state index in [9.17, 15) is 4.39 Å². The van der Waals surface area contributed by atoms with Crippen LogP contribution >= 0.6 is 0 Å². The standard InChI is InChI=1S/C14H13FO/c1-2-11-6-8-13(9-7-11)16-14-5-3-4-12(15)10-14/h3-10H,2H2,1H3. The summed E-state index contributed by atoms with van der Waals surface area (Å²) in [5.41, 5.74) is 1.26. The van der Waals surface area contributed by atoms with Gasteiger partial charge in [0.1, 0.15) is 17.3 Å². The van der Waals surface area contributed by atoms with Crippen LogP contribution in [0.25, 0.3) is 0 Å². The fourth-order valence-electron chi connectivity index (χ4n) is 1.46. The summed E-state index contributed by atoms with van der Waals surface area (Å²) in [6.45, 7) is 2.10. The summed E-state index contributed by atoms with van der Waals surface area (Å²) in [4.78, 5) is 0. The second kappa shape index (κ2) is 4.79. The van der Waals surface area contributed by atoms with Crippen LogP contribution in [0.5, 0.6) is 11.5 Å². The van der Waals surface area contributed by atoms with E-state index in [1.165, 1.54) is 17.7 Å². The molecule has 1 nitrogen and oxygen atoms in total. The summed E-state index contributed by atoms with van der Waals surface area (Å²) in [6, 6.07) is 13.9. The zero-order valence-corrected chi connectivity index (χ0v) is 9.11. The van der Waals surface area contributed by atoms with Crippen LogP contribution in [0.3, 0.4) is 0 Å². The van der Waals surface area contributed by atoms with Crippen LogP contribution in [0.15, 0.2) is 48.5 Å². The van der Waals surface area contributed by atoms with Gasteiger partial charge in [0, 0.05) is 6.07 Å². The largest absolute Gasteiger partial charge is 0.457 e. The Morgan fingerprint density at radius 2 is 1.75 bits per heavy atom. The molecule has 0 aliphatic rings. The van der Waals surface area contributed by atoms with Gasteiger partial charge in [-0.2, -0.15) is 0 Å². The van der Waals surface area contributed by atoms with Gasteiger partial charge in [0.05, 0.1) is 0 Å². The van der Waals surface area contributed by atoms with Crippen LogP contribution in [0, 0.1) is 5.82 Å². The van der Waals surface area contributed by atoms with Crippen LogP contribution in [0.1, 0.15) is 12.5 Å². The lowest BCUT2D eigenvalue weighted by Crippen LogP contribution is -1.86. The van der Waals surface area contributed by atoms with Gasteiger partial charge in [-0.15, -0.1) is 0 Å². The Morgan fingerprint density at radius 3 is 2.38 bits per heavy atom. The molecule has 0 saturated carbocycles. The molecular formula is C14H13FO. The van der Waals surface area contributed by atoms with Crippen molar-refractivity contribution in [3.8, 4) is 11.5 Å². The molecule has 16 heavy (non-hydrogen) atoms. The molecule has 2 heteroatoms. The van der Waals surface area contributed by atoms with Gasteiger partial charge in [-0.3, -0.25) is 0 Å². The van der Waals surface area contributed by atoms with Gasteiger partial charge in [-0.05, 0) is 36.2 Å². The van der Waals surface area contributed by atoms with Crippen LogP contribution in [0.4, 0.5) is 4.39 Å². The van der Waals surface area contributed by atoms with Crippen molar-refractivity contribution in [2.75, 3.05) is 0 Å². The summed E-state index contributed by atoms with van der Waals surface area (Å²) < 4.78 is 18.4. The van der Waals surface area contributed by atoms with Crippen molar-refractivity contribution in [1.82, 2.24) is 0 Å². The molecule has 0 aliphatic heterocycles. The third kappa shape index (κ3) is 2.60. The molecule has 0 unspecified atom stereocenters. The molecule has 0 amide bonds. The van der Waals surface area contributed by atoms with E-state index < -0.39 is 0 Å². The van der Waals surface area contributed by atoms with Crippen LogP contribution in [0.2, 0.25) is 0 Å². The normalized spacial score (nSPS) is 10.1. The highest BCUT2D eigenvalue weighted by atomic mass is 19.1. The highest BCUT2D eigenvalue weighted by molar-refractivity contribution is 5.33. The van der Waals surface area contributed by atoms with Gasteiger partial charge in [0.15, 0.2) is 0 Å². The number of halogens is 1. The Labute approximate surface area is 94.5 Å². The fraction of sp³-hybridized carbons (Fsp3) is 0.143. The average molecular weight is 216 g/mol. The molecule has 0 aromatic heterocycles. The number of ether oxygens (including phenoxy) is 1. The van der Waals surface area contributed by atoms with E-state index in [4.69, 9.17) is 4.74 Å². The lowest BCUT2D eigenvalue weighted by atomic mass is 10.2. The average Bonchev–Trinajstić information content (AvgIpc) is 2.30. The molecule has 0 aliphatic carbocycles. The molecule has 2 rings (SSSR count). The van der Waals surface area contributed by atoms with E-state index in [1.807, 2.05) is 24.3 Å². The Bertz CT molecular complexity index is 462. The maximum absolute atomic E-state index is 12.9. The maximum Gasteiger partial charge on any atom is 0.130 e. The maximum atomic E-state index is 12.9. The fourth-order valence-corrected chi connectivity index (χ4v) is 1.46. The Hall–Kier alpha value is -1.83. The van der Waals surface area contributed by atoms with E-state index >= 15 is 0 Å². The molecule has 0 fully saturated rings. The van der Waals surface area contributed by atoms with Crippen molar-refractivity contribution in [2.45, 2.75) is 13.3 Å². The zero-order chi connectivity index (χ0) is 11.4. The van der Waals surface area contributed by atoms with Crippen LogP contribution < -0.4 is 4.74 Å². The molecule has 82 valence electrons. The summed E-state index contributed by atoms with van der Waals surface area (Å²) in [5.74, 6) is 0.953. The monoisotopic (exact) mass is 216 g/mol. The van der Waals surface area contributed by atoms with Crippen LogP contribution in [-0.2, 0) is 6.42 Å². The zero-order valence-electron chi connectivity index (χ0n) is 9.11. The molecule has 0 heterocycles. The first-order valence-electron chi connectivity index (χ1n) is 5.30. The summed E-state index contributed by atoms with van der Waals surface area (Å²) >= 11 is 0. The smallest absolute Gasteiger partial charge is 0.130 e. The van der Waals surface area contributed by atoms with E-state index in [-0.39, 0.29) is 5.82 Å². The molecule has 2 aromatic carbocycles. The Morgan fingerprint density at radius 1 is 1.00 bits per heavy atom. The van der Waals surface area contributed by atoms with Crippen molar-refractivity contribution < 1.29 is 9.13 Å². The summed E-state index contributed by atoms with van der Waals surface area (Å²) in [7, 11) is 0.